The van der Waals surface area contributed by atoms with E-state index in [0.717, 1.165) is 31.8 Å². The van der Waals surface area contributed by atoms with Crippen LogP contribution in [-0.4, -0.2) is 49.7 Å². The van der Waals surface area contributed by atoms with E-state index in [-0.39, 0.29) is 36.8 Å². The minimum atomic E-state index is -0.628. The molecule has 0 aliphatic carbocycles. The molecule has 24 heavy (non-hydrogen) atoms. The summed E-state index contributed by atoms with van der Waals surface area (Å²) < 4.78 is 5.73. The number of nitrogens with two attached hydrogens (primary N) is 1. The zero-order chi connectivity index (χ0) is 15.9. The Kier molecular flexibility index (Phi) is 11.2. The van der Waals surface area contributed by atoms with E-state index in [0.29, 0.717) is 12.5 Å². The number of nitrogens with one attached hydrogen (secondary N) is 1. The van der Waals surface area contributed by atoms with Crippen LogP contribution in [0.1, 0.15) is 25.5 Å². The zero-order valence-electron chi connectivity index (χ0n) is 14.3. The Balaban J connectivity index is 0.00000264. The third kappa shape index (κ3) is 7.36. The van der Waals surface area contributed by atoms with Crippen molar-refractivity contribution in [3.05, 3.63) is 35.9 Å². The van der Waals surface area contributed by atoms with Crippen LogP contribution in [0, 0.1) is 5.92 Å². The predicted molar refractivity (Wildman–Crippen MR) is 102 cm³/mol. The molecule has 1 aliphatic rings. The first-order valence-corrected chi connectivity index (χ1v) is 7.98. The summed E-state index contributed by atoms with van der Waals surface area (Å²) in [7, 11) is 0. The maximum absolute atomic E-state index is 12.1. The molecule has 2 atom stereocenters. The topological polar surface area (TPSA) is 67.6 Å². The largest absolute Gasteiger partial charge is 0.374 e. The average Bonchev–Trinajstić information content (AvgIpc) is 2.52. The number of hydrogen-bond donors (Lipinski definition) is 2. The molecule has 1 aromatic rings. The van der Waals surface area contributed by atoms with E-state index in [1.807, 2.05) is 30.3 Å². The van der Waals surface area contributed by atoms with Gasteiger partial charge in [-0.15, -0.1) is 24.8 Å². The third-order valence-corrected chi connectivity index (χ3v) is 3.79. The van der Waals surface area contributed by atoms with Crippen LogP contribution in [0.5, 0.6) is 0 Å². The lowest BCUT2D eigenvalue weighted by Gasteiger charge is -2.34. The Morgan fingerprint density at radius 1 is 1.33 bits per heavy atom. The first kappa shape index (κ1) is 23.1. The maximum Gasteiger partial charge on any atom is 0.241 e. The predicted octanol–water partition coefficient (Wildman–Crippen LogP) is 2.00. The molecule has 0 radical (unpaired) electrons. The van der Waals surface area contributed by atoms with Crippen LogP contribution in [0.25, 0.3) is 0 Å². The fourth-order valence-corrected chi connectivity index (χ4v) is 2.72. The summed E-state index contributed by atoms with van der Waals surface area (Å²) in [6.07, 6.45) is 0.0411. The summed E-state index contributed by atoms with van der Waals surface area (Å²) in [4.78, 5) is 14.5. The van der Waals surface area contributed by atoms with Crippen LogP contribution in [0.4, 0.5) is 0 Å². The lowest BCUT2D eigenvalue weighted by Crippen LogP contribution is -2.49. The van der Waals surface area contributed by atoms with E-state index in [2.05, 4.69) is 24.1 Å². The molecule has 1 fully saturated rings. The molecular weight excluding hydrogens is 349 g/mol. The highest BCUT2D eigenvalue weighted by molar-refractivity contribution is 5.85. The Labute approximate surface area is 157 Å². The molecule has 0 aromatic heterocycles. The van der Waals surface area contributed by atoms with Gasteiger partial charge < -0.3 is 15.8 Å². The third-order valence-electron chi connectivity index (χ3n) is 3.79. The van der Waals surface area contributed by atoms with E-state index in [4.69, 9.17) is 10.5 Å². The standard InChI is InChI=1S/C17H27N3O2.2ClH/c1-13(2)11-20-8-9-22-15(12-20)10-19-17(21)16(18)14-6-4-3-5-7-14;;/h3-7,13,15-16H,8-12,18H2,1-2H3,(H,19,21);2*1H. The highest BCUT2D eigenvalue weighted by Gasteiger charge is 2.22. The molecule has 0 bridgehead atoms. The number of carbonyl (C=O) groups is 1. The quantitative estimate of drug-likeness (QED) is 0.795. The number of ether oxygens (including phenoxy) is 1. The van der Waals surface area contributed by atoms with Crippen molar-refractivity contribution in [1.82, 2.24) is 10.2 Å². The molecule has 7 heteroatoms. The summed E-state index contributed by atoms with van der Waals surface area (Å²) >= 11 is 0. The number of carbonyl (C=O) groups excluding carboxylic acids is 1. The second-order valence-electron chi connectivity index (χ2n) is 6.28. The van der Waals surface area contributed by atoms with Crippen molar-refractivity contribution in [1.29, 1.82) is 0 Å². The summed E-state index contributed by atoms with van der Waals surface area (Å²) in [6.45, 7) is 8.55. The molecule has 5 nitrogen and oxygen atoms in total. The van der Waals surface area contributed by atoms with E-state index >= 15 is 0 Å². The van der Waals surface area contributed by atoms with E-state index in [9.17, 15) is 4.79 Å². The first-order valence-electron chi connectivity index (χ1n) is 7.98. The normalized spacial score (nSPS) is 19.1. The van der Waals surface area contributed by atoms with Crippen molar-refractivity contribution in [3.8, 4) is 0 Å². The molecule has 0 spiro atoms. The minimum Gasteiger partial charge on any atom is -0.374 e. The number of hydrogen-bond acceptors (Lipinski definition) is 4. The van der Waals surface area contributed by atoms with Crippen molar-refractivity contribution in [2.75, 3.05) is 32.8 Å². The second-order valence-corrected chi connectivity index (χ2v) is 6.28. The number of benzene rings is 1. The van der Waals surface area contributed by atoms with Crippen molar-refractivity contribution in [3.63, 3.8) is 0 Å². The average molecular weight is 378 g/mol. The number of nitrogens with zero attached hydrogens (tertiary/aromatic N) is 1. The molecule has 1 saturated heterocycles. The van der Waals surface area contributed by atoms with Gasteiger partial charge in [0, 0.05) is 26.2 Å². The van der Waals surface area contributed by atoms with Gasteiger partial charge in [-0.25, -0.2) is 0 Å². The van der Waals surface area contributed by atoms with Gasteiger partial charge in [-0.2, -0.15) is 0 Å². The zero-order valence-corrected chi connectivity index (χ0v) is 15.9. The van der Waals surface area contributed by atoms with Crippen LogP contribution in [0.15, 0.2) is 30.3 Å². The monoisotopic (exact) mass is 377 g/mol. The maximum atomic E-state index is 12.1. The lowest BCUT2D eigenvalue weighted by atomic mass is 10.1. The SMILES string of the molecule is CC(C)CN1CCOC(CNC(=O)C(N)c2ccccc2)C1.Cl.Cl. The van der Waals surface area contributed by atoms with Crippen molar-refractivity contribution in [2.24, 2.45) is 11.7 Å². The molecule has 1 heterocycles. The van der Waals surface area contributed by atoms with Crippen LogP contribution >= 0.6 is 24.8 Å². The summed E-state index contributed by atoms with van der Waals surface area (Å²) in [5.41, 5.74) is 6.81. The van der Waals surface area contributed by atoms with Gasteiger partial charge in [0.1, 0.15) is 6.04 Å². The summed E-state index contributed by atoms with van der Waals surface area (Å²) in [5.74, 6) is 0.482. The van der Waals surface area contributed by atoms with Crippen molar-refractivity contribution >= 4 is 30.7 Å². The molecule has 2 unspecified atom stereocenters. The minimum absolute atomic E-state index is 0. The van der Waals surface area contributed by atoms with Gasteiger partial charge >= 0.3 is 0 Å². The Morgan fingerprint density at radius 2 is 2.00 bits per heavy atom. The molecule has 1 aromatic carbocycles. The lowest BCUT2D eigenvalue weighted by molar-refractivity contribution is -0.123. The van der Waals surface area contributed by atoms with Gasteiger partial charge in [-0.3, -0.25) is 9.69 Å². The van der Waals surface area contributed by atoms with Crippen molar-refractivity contribution in [2.45, 2.75) is 26.0 Å². The van der Waals surface area contributed by atoms with Gasteiger partial charge in [0.15, 0.2) is 0 Å². The van der Waals surface area contributed by atoms with Gasteiger partial charge in [-0.1, -0.05) is 44.2 Å². The Hall–Kier alpha value is -0.850. The molecule has 0 saturated carbocycles. The van der Waals surface area contributed by atoms with Crippen LogP contribution < -0.4 is 11.1 Å². The van der Waals surface area contributed by atoms with Crippen LogP contribution in [-0.2, 0) is 9.53 Å². The summed E-state index contributed by atoms with van der Waals surface area (Å²) in [5, 5.41) is 2.91. The highest BCUT2D eigenvalue weighted by atomic mass is 35.5. The molecule has 3 N–H and O–H groups in total. The van der Waals surface area contributed by atoms with E-state index in [1.54, 1.807) is 0 Å². The van der Waals surface area contributed by atoms with E-state index < -0.39 is 6.04 Å². The van der Waals surface area contributed by atoms with Gasteiger partial charge in [0.25, 0.3) is 0 Å². The molecule has 138 valence electrons. The van der Waals surface area contributed by atoms with Crippen LogP contribution in [0.3, 0.4) is 0 Å². The van der Waals surface area contributed by atoms with Gasteiger partial charge in [0.05, 0.1) is 12.7 Å². The number of morpholine rings is 1. The Morgan fingerprint density at radius 3 is 2.62 bits per heavy atom. The van der Waals surface area contributed by atoms with Gasteiger partial charge in [0.2, 0.25) is 5.91 Å². The highest BCUT2D eigenvalue weighted by Crippen LogP contribution is 2.10. The molecule has 1 amide bonds. The smallest absolute Gasteiger partial charge is 0.241 e. The first-order chi connectivity index (χ1) is 10.6. The number of halogens is 2. The molecular formula is C17H29Cl2N3O2. The van der Waals surface area contributed by atoms with Crippen LogP contribution in [0.2, 0.25) is 0 Å². The fourth-order valence-electron chi connectivity index (χ4n) is 2.72. The molecule has 2 rings (SSSR count). The summed E-state index contributed by atoms with van der Waals surface area (Å²) in [6, 6.07) is 8.79. The molecule has 1 aliphatic heterocycles. The number of rotatable bonds is 6. The van der Waals surface area contributed by atoms with Gasteiger partial charge in [-0.05, 0) is 11.5 Å². The van der Waals surface area contributed by atoms with Crippen molar-refractivity contribution < 1.29 is 9.53 Å². The fraction of sp³-hybridized carbons (Fsp3) is 0.588. The Bertz CT molecular complexity index is 474. The second kappa shape index (κ2) is 11.7. The van der Waals surface area contributed by atoms with E-state index in [1.165, 1.54) is 0 Å². The number of amides is 1.